The first-order valence-electron chi connectivity index (χ1n) is 5.70. The Morgan fingerprint density at radius 2 is 2.00 bits per heavy atom. The molecule has 0 bridgehead atoms. The average Bonchev–Trinajstić information content (AvgIpc) is 2.12. The summed E-state index contributed by atoms with van der Waals surface area (Å²) < 4.78 is 5.79. The number of unbranched alkanes of at least 4 members (excludes halogenated alkanes) is 1. The number of rotatable bonds is 4. The molecular formula is C14H21O. The van der Waals surface area contributed by atoms with Gasteiger partial charge in [-0.15, -0.1) is 0 Å². The van der Waals surface area contributed by atoms with Crippen molar-refractivity contribution in [2.24, 2.45) is 0 Å². The number of hydrogen-bond donors (Lipinski definition) is 0. The molecule has 0 saturated carbocycles. The van der Waals surface area contributed by atoms with Gasteiger partial charge in [0.15, 0.2) is 0 Å². The summed E-state index contributed by atoms with van der Waals surface area (Å²) in [6.07, 6.45) is 3.57. The van der Waals surface area contributed by atoms with E-state index < -0.39 is 0 Å². The van der Waals surface area contributed by atoms with Gasteiger partial charge in [-0.2, -0.15) is 0 Å². The Morgan fingerprint density at radius 3 is 2.60 bits per heavy atom. The highest BCUT2D eigenvalue weighted by Gasteiger charge is 2.11. The molecule has 83 valence electrons. The van der Waals surface area contributed by atoms with Crippen molar-refractivity contribution in [3.8, 4) is 5.75 Å². The van der Waals surface area contributed by atoms with E-state index in [-0.39, 0.29) is 5.60 Å². The van der Waals surface area contributed by atoms with Gasteiger partial charge < -0.3 is 4.74 Å². The number of aryl methyl sites for hydroxylation is 1. The molecule has 15 heavy (non-hydrogen) atoms. The molecule has 1 radical (unpaired) electrons. The van der Waals surface area contributed by atoms with E-state index in [9.17, 15) is 0 Å². The first-order valence-corrected chi connectivity index (χ1v) is 5.70. The summed E-state index contributed by atoms with van der Waals surface area (Å²) in [5.41, 5.74) is 1.19. The summed E-state index contributed by atoms with van der Waals surface area (Å²) in [7, 11) is 0. The molecule has 0 amide bonds. The van der Waals surface area contributed by atoms with Gasteiger partial charge >= 0.3 is 0 Å². The van der Waals surface area contributed by atoms with Crippen LogP contribution in [0.25, 0.3) is 0 Å². The minimum absolute atomic E-state index is 0.128. The minimum Gasteiger partial charge on any atom is -0.488 e. The zero-order chi connectivity index (χ0) is 11.3. The highest BCUT2D eigenvalue weighted by molar-refractivity contribution is 5.28. The van der Waals surface area contributed by atoms with Crippen molar-refractivity contribution < 1.29 is 4.74 Å². The number of ether oxygens (including phenoxy) is 1. The summed E-state index contributed by atoms with van der Waals surface area (Å²) in [6.45, 7) is 8.39. The third-order valence-electron chi connectivity index (χ3n) is 2.07. The first kappa shape index (κ1) is 12.1. The molecule has 0 N–H and O–H groups in total. The predicted molar refractivity (Wildman–Crippen MR) is 64.3 cm³/mol. The monoisotopic (exact) mass is 205 g/mol. The summed E-state index contributed by atoms with van der Waals surface area (Å²) >= 11 is 0. The maximum atomic E-state index is 5.79. The lowest BCUT2D eigenvalue weighted by Crippen LogP contribution is -2.22. The quantitative estimate of drug-likeness (QED) is 0.721. The lowest BCUT2D eigenvalue weighted by Gasteiger charge is -2.21. The van der Waals surface area contributed by atoms with E-state index in [0.29, 0.717) is 0 Å². The van der Waals surface area contributed by atoms with Crippen molar-refractivity contribution in [3.05, 3.63) is 29.8 Å². The van der Waals surface area contributed by atoms with E-state index in [1.54, 1.807) is 0 Å². The van der Waals surface area contributed by atoms with Gasteiger partial charge in [-0.25, -0.2) is 0 Å². The van der Waals surface area contributed by atoms with Crippen LogP contribution in [0.5, 0.6) is 5.75 Å². The lowest BCUT2D eigenvalue weighted by atomic mass is 10.1. The molecule has 0 aliphatic heterocycles. The third kappa shape index (κ3) is 4.87. The van der Waals surface area contributed by atoms with E-state index in [1.165, 1.54) is 18.4 Å². The molecule has 1 aromatic rings. The Labute approximate surface area is 93.5 Å². The second kappa shape index (κ2) is 5.20. The molecule has 1 heteroatoms. The highest BCUT2D eigenvalue weighted by Crippen LogP contribution is 2.19. The largest absolute Gasteiger partial charge is 0.488 e. The van der Waals surface area contributed by atoms with Crippen LogP contribution in [0.1, 0.15) is 46.1 Å². The Kier molecular flexibility index (Phi) is 4.19. The number of hydrogen-bond acceptors (Lipinski definition) is 1. The van der Waals surface area contributed by atoms with Crippen LogP contribution in [-0.2, 0) is 6.42 Å². The molecule has 0 spiro atoms. The fourth-order valence-electron chi connectivity index (χ4n) is 1.43. The van der Waals surface area contributed by atoms with Crippen molar-refractivity contribution in [1.82, 2.24) is 0 Å². The molecule has 0 heterocycles. The zero-order valence-corrected chi connectivity index (χ0v) is 10.3. The summed E-state index contributed by atoms with van der Waals surface area (Å²) in [6, 6.07) is 9.21. The van der Waals surface area contributed by atoms with Crippen molar-refractivity contribution in [3.63, 3.8) is 0 Å². The SMILES string of the molecule is CCCCc1c[c]cc(OC(C)(C)C)c1. The minimum atomic E-state index is -0.128. The molecule has 0 unspecified atom stereocenters. The van der Waals surface area contributed by atoms with E-state index in [1.807, 2.05) is 12.1 Å². The Morgan fingerprint density at radius 1 is 1.27 bits per heavy atom. The van der Waals surface area contributed by atoms with Gasteiger partial charge in [-0.1, -0.05) is 19.4 Å². The van der Waals surface area contributed by atoms with Crippen LogP contribution in [0.4, 0.5) is 0 Å². The molecule has 1 rings (SSSR count). The number of benzene rings is 1. The van der Waals surface area contributed by atoms with Crippen LogP contribution in [0.2, 0.25) is 0 Å². The van der Waals surface area contributed by atoms with Gasteiger partial charge in [0, 0.05) is 0 Å². The molecule has 1 nitrogen and oxygen atoms in total. The normalized spacial score (nSPS) is 11.5. The second-order valence-electron chi connectivity index (χ2n) is 4.89. The predicted octanol–water partition coefficient (Wildman–Crippen LogP) is 4.01. The van der Waals surface area contributed by atoms with Crippen LogP contribution < -0.4 is 4.74 Å². The van der Waals surface area contributed by atoms with Crippen LogP contribution >= 0.6 is 0 Å². The van der Waals surface area contributed by atoms with E-state index in [4.69, 9.17) is 4.74 Å². The third-order valence-corrected chi connectivity index (χ3v) is 2.07. The molecule has 0 fully saturated rings. The van der Waals surface area contributed by atoms with Gasteiger partial charge in [0.2, 0.25) is 0 Å². The Balaban J connectivity index is 2.66. The van der Waals surface area contributed by atoms with E-state index in [2.05, 4.69) is 39.8 Å². The summed E-state index contributed by atoms with van der Waals surface area (Å²) in [5, 5.41) is 0. The maximum Gasteiger partial charge on any atom is 0.120 e. The second-order valence-corrected chi connectivity index (χ2v) is 4.89. The molecule has 1 aromatic carbocycles. The lowest BCUT2D eigenvalue weighted by molar-refractivity contribution is 0.131. The van der Waals surface area contributed by atoms with Crippen molar-refractivity contribution in [1.29, 1.82) is 0 Å². The van der Waals surface area contributed by atoms with Crippen LogP contribution in [0.15, 0.2) is 18.2 Å². The van der Waals surface area contributed by atoms with Gasteiger partial charge in [-0.05, 0) is 57.4 Å². The fraction of sp³-hybridized carbons (Fsp3) is 0.571. The topological polar surface area (TPSA) is 9.23 Å². The molecular weight excluding hydrogens is 184 g/mol. The maximum absolute atomic E-state index is 5.79. The molecule has 0 aliphatic carbocycles. The van der Waals surface area contributed by atoms with Crippen molar-refractivity contribution >= 4 is 0 Å². The Hall–Kier alpha value is -0.980. The van der Waals surface area contributed by atoms with Gasteiger partial charge in [0.25, 0.3) is 0 Å². The Bertz CT molecular complexity index is 296. The molecule has 0 aromatic heterocycles. The van der Waals surface area contributed by atoms with Gasteiger partial charge in [0.05, 0.1) is 0 Å². The summed E-state index contributed by atoms with van der Waals surface area (Å²) in [5.74, 6) is 0.927. The first-order chi connectivity index (χ1) is 7.01. The zero-order valence-electron chi connectivity index (χ0n) is 10.3. The van der Waals surface area contributed by atoms with Crippen LogP contribution in [0, 0.1) is 6.07 Å². The van der Waals surface area contributed by atoms with E-state index >= 15 is 0 Å². The molecule has 0 atom stereocenters. The van der Waals surface area contributed by atoms with Crippen LogP contribution in [-0.4, -0.2) is 5.60 Å². The van der Waals surface area contributed by atoms with E-state index in [0.717, 1.165) is 12.2 Å². The molecule has 0 aliphatic rings. The fourth-order valence-corrected chi connectivity index (χ4v) is 1.43. The average molecular weight is 205 g/mol. The van der Waals surface area contributed by atoms with Gasteiger partial charge in [0.1, 0.15) is 11.4 Å². The summed E-state index contributed by atoms with van der Waals surface area (Å²) in [4.78, 5) is 0. The molecule has 0 saturated heterocycles. The van der Waals surface area contributed by atoms with Gasteiger partial charge in [-0.3, -0.25) is 0 Å². The van der Waals surface area contributed by atoms with Crippen LogP contribution in [0.3, 0.4) is 0 Å². The smallest absolute Gasteiger partial charge is 0.120 e. The van der Waals surface area contributed by atoms with Crippen molar-refractivity contribution in [2.45, 2.75) is 52.6 Å². The van der Waals surface area contributed by atoms with Crippen molar-refractivity contribution in [2.75, 3.05) is 0 Å². The highest BCUT2D eigenvalue weighted by atomic mass is 16.5. The standard InChI is InChI=1S/C14H21O/c1-5-6-8-12-9-7-10-13(11-12)15-14(2,3)4/h9-11H,5-6,8H2,1-4H3.